The minimum atomic E-state index is -0.432. The standard InChI is InChI=1S/C13H15BrFN3O2/c1-8(19)18-3-2-11(7-18)16-13(20)17-12-5-9(14)4-10(15)6-12/h4-6,11H,2-3,7H2,1H3,(H2,16,17,20)/t11-/m1/s1. The summed E-state index contributed by atoms with van der Waals surface area (Å²) in [5, 5.41) is 5.34. The van der Waals surface area contributed by atoms with E-state index in [4.69, 9.17) is 0 Å². The van der Waals surface area contributed by atoms with Crippen LogP contribution < -0.4 is 10.6 Å². The highest BCUT2D eigenvalue weighted by atomic mass is 79.9. The van der Waals surface area contributed by atoms with E-state index >= 15 is 0 Å². The van der Waals surface area contributed by atoms with Crippen molar-refractivity contribution < 1.29 is 14.0 Å². The van der Waals surface area contributed by atoms with Gasteiger partial charge in [0.05, 0.1) is 0 Å². The average Bonchev–Trinajstić information content (AvgIpc) is 2.75. The zero-order valence-electron chi connectivity index (χ0n) is 11.0. The Kier molecular flexibility index (Phi) is 4.59. The summed E-state index contributed by atoms with van der Waals surface area (Å²) in [6.07, 6.45) is 0.722. The maximum Gasteiger partial charge on any atom is 0.319 e. The Morgan fingerprint density at radius 3 is 2.75 bits per heavy atom. The Morgan fingerprint density at radius 2 is 2.15 bits per heavy atom. The fraction of sp³-hybridized carbons (Fsp3) is 0.385. The van der Waals surface area contributed by atoms with Crippen molar-refractivity contribution in [2.75, 3.05) is 18.4 Å². The monoisotopic (exact) mass is 343 g/mol. The van der Waals surface area contributed by atoms with E-state index in [9.17, 15) is 14.0 Å². The lowest BCUT2D eigenvalue weighted by atomic mass is 10.3. The molecule has 2 rings (SSSR count). The highest BCUT2D eigenvalue weighted by Crippen LogP contribution is 2.18. The number of halogens is 2. The minimum absolute atomic E-state index is 0.00349. The number of amides is 3. The van der Waals surface area contributed by atoms with Crippen LogP contribution in [0, 0.1) is 5.82 Å². The number of carbonyl (C=O) groups is 2. The smallest absolute Gasteiger partial charge is 0.319 e. The van der Waals surface area contributed by atoms with E-state index < -0.39 is 11.8 Å². The molecule has 1 atom stereocenters. The summed E-state index contributed by atoms with van der Waals surface area (Å²) in [4.78, 5) is 24.7. The van der Waals surface area contributed by atoms with Crippen molar-refractivity contribution in [3.63, 3.8) is 0 Å². The molecule has 7 heteroatoms. The molecule has 3 amide bonds. The maximum absolute atomic E-state index is 13.2. The van der Waals surface area contributed by atoms with Gasteiger partial charge in [0.25, 0.3) is 0 Å². The number of rotatable bonds is 2. The zero-order chi connectivity index (χ0) is 14.7. The van der Waals surface area contributed by atoms with Gasteiger partial charge in [-0.15, -0.1) is 0 Å². The van der Waals surface area contributed by atoms with E-state index in [-0.39, 0.29) is 11.9 Å². The molecule has 5 nitrogen and oxygen atoms in total. The number of anilines is 1. The molecule has 1 fully saturated rings. The average molecular weight is 344 g/mol. The molecule has 1 aliphatic rings. The van der Waals surface area contributed by atoms with E-state index in [0.29, 0.717) is 23.2 Å². The molecule has 0 aromatic heterocycles. The Labute approximate surface area is 124 Å². The summed E-state index contributed by atoms with van der Waals surface area (Å²) >= 11 is 3.16. The molecule has 0 unspecified atom stereocenters. The third kappa shape index (κ3) is 3.93. The predicted octanol–water partition coefficient (Wildman–Crippen LogP) is 2.33. The fourth-order valence-electron chi connectivity index (χ4n) is 2.14. The van der Waals surface area contributed by atoms with Crippen LogP contribution in [0.15, 0.2) is 22.7 Å². The first-order chi connectivity index (χ1) is 9.44. The second kappa shape index (κ2) is 6.21. The maximum atomic E-state index is 13.2. The number of carbonyl (C=O) groups excluding carboxylic acids is 2. The van der Waals surface area contributed by atoms with Crippen LogP contribution in [0.25, 0.3) is 0 Å². The molecule has 0 bridgehead atoms. The molecule has 1 aliphatic heterocycles. The van der Waals surface area contributed by atoms with Crippen molar-refractivity contribution in [3.05, 3.63) is 28.5 Å². The highest BCUT2D eigenvalue weighted by Gasteiger charge is 2.25. The first-order valence-corrected chi connectivity index (χ1v) is 7.02. The number of hydrogen-bond acceptors (Lipinski definition) is 2. The van der Waals surface area contributed by atoms with Crippen molar-refractivity contribution in [1.29, 1.82) is 0 Å². The summed E-state index contributed by atoms with van der Waals surface area (Å²) in [5.74, 6) is -0.429. The molecule has 1 aromatic carbocycles. The Bertz CT molecular complexity index is 518. The lowest BCUT2D eigenvalue weighted by Gasteiger charge is -2.15. The molecule has 20 heavy (non-hydrogen) atoms. The summed E-state index contributed by atoms with van der Waals surface area (Å²) in [6, 6.07) is 3.68. The van der Waals surface area contributed by atoms with E-state index in [1.54, 1.807) is 11.0 Å². The van der Waals surface area contributed by atoms with Crippen molar-refractivity contribution in [2.24, 2.45) is 0 Å². The summed E-state index contributed by atoms with van der Waals surface area (Å²) in [7, 11) is 0. The molecule has 1 heterocycles. The fourth-order valence-corrected chi connectivity index (χ4v) is 2.61. The SMILES string of the molecule is CC(=O)N1CC[C@@H](NC(=O)Nc2cc(F)cc(Br)c2)C1. The number of likely N-dealkylation sites (tertiary alicyclic amines) is 1. The number of urea groups is 1. The quantitative estimate of drug-likeness (QED) is 0.865. The molecule has 0 aliphatic carbocycles. The van der Waals surface area contributed by atoms with Crippen LogP contribution in [-0.4, -0.2) is 36.0 Å². The number of nitrogens with one attached hydrogen (secondary N) is 2. The van der Waals surface area contributed by atoms with Crippen LogP contribution in [0.3, 0.4) is 0 Å². The van der Waals surface area contributed by atoms with Gasteiger partial charge in [-0.1, -0.05) is 15.9 Å². The van der Waals surface area contributed by atoms with Crippen LogP contribution >= 0.6 is 15.9 Å². The van der Waals surface area contributed by atoms with Crippen LogP contribution in [0.2, 0.25) is 0 Å². The van der Waals surface area contributed by atoms with Crippen molar-refractivity contribution in [2.45, 2.75) is 19.4 Å². The van der Waals surface area contributed by atoms with Gasteiger partial charge < -0.3 is 15.5 Å². The molecule has 2 N–H and O–H groups in total. The molecular formula is C13H15BrFN3O2. The van der Waals surface area contributed by atoms with E-state index in [1.807, 2.05) is 0 Å². The second-order valence-corrected chi connectivity index (χ2v) is 5.62. The summed E-state index contributed by atoms with van der Waals surface area (Å²) < 4.78 is 13.7. The second-order valence-electron chi connectivity index (χ2n) is 4.71. The van der Waals surface area contributed by atoms with Crippen molar-refractivity contribution in [3.8, 4) is 0 Å². The van der Waals surface area contributed by atoms with Gasteiger partial charge in [0, 0.05) is 36.2 Å². The Hall–Kier alpha value is -1.63. The molecule has 0 spiro atoms. The number of benzene rings is 1. The topological polar surface area (TPSA) is 61.4 Å². The van der Waals surface area contributed by atoms with Crippen molar-refractivity contribution in [1.82, 2.24) is 10.2 Å². The van der Waals surface area contributed by atoms with Gasteiger partial charge in [-0.2, -0.15) is 0 Å². The van der Waals surface area contributed by atoms with Gasteiger partial charge in [0.1, 0.15) is 5.82 Å². The third-order valence-corrected chi connectivity index (χ3v) is 3.55. The highest BCUT2D eigenvalue weighted by molar-refractivity contribution is 9.10. The van der Waals surface area contributed by atoms with Gasteiger partial charge in [0.2, 0.25) is 5.91 Å². The van der Waals surface area contributed by atoms with Crippen LogP contribution in [0.1, 0.15) is 13.3 Å². The largest absolute Gasteiger partial charge is 0.341 e. The van der Waals surface area contributed by atoms with Gasteiger partial charge in [-0.3, -0.25) is 4.79 Å². The number of nitrogens with zero attached hydrogens (tertiary/aromatic N) is 1. The summed E-state index contributed by atoms with van der Waals surface area (Å²) in [5.41, 5.74) is 0.371. The lowest BCUT2D eigenvalue weighted by Crippen LogP contribution is -2.40. The molecular weight excluding hydrogens is 329 g/mol. The lowest BCUT2D eigenvalue weighted by molar-refractivity contribution is -0.127. The van der Waals surface area contributed by atoms with Crippen LogP contribution in [-0.2, 0) is 4.79 Å². The van der Waals surface area contributed by atoms with E-state index in [0.717, 1.165) is 6.42 Å². The van der Waals surface area contributed by atoms with E-state index in [2.05, 4.69) is 26.6 Å². The van der Waals surface area contributed by atoms with Gasteiger partial charge in [0.15, 0.2) is 0 Å². The van der Waals surface area contributed by atoms with E-state index in [1.165, 1.54) is 19.1 Å². The van der Waals surface area contributed by atoms with Gasteiger partial charge in [-0.05, 0) is 24.6 Å². The Morgan fingerprint density at radius 1 is 1.40 bits per heavy atom. The van der Waals surface area contributed by atoms with Gasteiger partial charge >= 0.3 is 6.03 Å². The zero-order valence-corrected chi connectivity index (χ0v) is 12.5. The normalized spacial score (nSPS) is 17.9. The Balaban J connectivity index is 1.88. The third-order valence-electron chi connectivity index (χ3n) is 3.09. The molecule has 0 radical (unpaired) electrons. The van der Waals surface area contributed by atoms with Crippen LogP contribution in [0.4, 0.5) is 14.9 Å². The first-order valence-electron chi connectivity index (χ1n) is 6.23. The van der Waals surface area contributed by atoms with Crippen molar-refractivity contribution >= 4 is 33.6 Å². The minimum Gasteiger partial charge on any atom is -0.341 e. The first kappa shape index (κ1) is 14.8. The number of hydrogen-bond donors (Lipinski definition) is 2. The summed E-state index contributed by atoms with van der Waals surface area (Å²) in [6.45, 7) is 2.66. The predicted molar refractivity (Wildman–Crippen MR) is 76.9 cm³/mol. The van der Waals surface area contributed by atoms with Crippen LogP contribution in [0.5, 0.6) is 0 Å². The molecule has 0 saturated carbocycles. The molecule has 1 aromatic rings. The molecule has 1 saturated heterocycles. The molecule has 108 valence electrons. The van der Waals surface area contributed by atoms with Gasteiger partial charge in [-0.25, -0.2) is 9.18 Å².